The van der Waals surface area contributed by atoms with Gasteiger partial charge in [0.25, 0.3) is 0 Å². The van der Waals surface area contributed by atoms with Crippen LogP contribution in [0, 0.1) is 0 Å². The molecule has 0 radical (unpaired) electrons. The zero-order valence-electron chi connectivity index (χ0n) is 21.4. The van der Waals surface area contributed by atoms with Crippen LogP contribution >= 0.6 is 23.2 Å². The lowest BCUT2D eigenvalue weighted by atomic mass is 9.83. The van der Waals surface area contributed by atoms with E-state index in [4.69, 9.17) is 23.2 Å². The molecule has 3 N–H and O–H groups in total. The minimum absolute atomic E-state index is 0.147. The van der Waals surface area contributed by atoms with Gasteiger partial charge in [0.1, 0.15) is 0 Å². The molecule has 2 aromatic rings. The van der Waals surface area contributed by atoms with E-state index in [0.717, 1.165) is 24.3 Å². The van der Waals surface area contributed by atoms with Crippen molar-refractivity contribution in [2.45, 2.75) is 55.3 Å². The zero-order chi connectivity index (χ0) is 29.5. The largest absolute Gasteiger partial charge is 0.417 e. The Labute approximate surface area is 237 Å². The monoisotopic (exact) mass is 614 g/mol. The van der Waals surface area contributed by atoms with Crippen molar-refractivity contribution in [1.82, 2.24) is 9.80 Å². The van der Waals surface area contributed by atoms with Gasteiger partial charge in [-0.2, -0.15) is 26.3 Å². The minimum atomic E-state index is -4.64. The van der Waals surface area contributed by atoms with Crippen LogP contribution < -0.4 is 0 Å². The predicted octanol–water partition coefficient (Wildman–Crippen LogP) is 5.66. The van der Waals surface area contributed by atoms with Crippen LogP contribution in [-0.4, -0.2) is 70.5 Å². The van der Waals surface area contributed by atoms with Gasteiger partial charge >= 0.3 is 12.4 Å². The van der Waals surface area contributed by atoms with E-state index < -0.39 is 50.8 Å². The maximum atomic E-state index is 13.3. The van der Waals surface area contributed by atoms with Crippen molar-refractivity contribution in [3.05, 3.63) is 68.7 Å². The van der Waals surface area contributed by atoms with Gasteiger partial charge in [-0.3, -0.25) is 0 Å². The summed E-state index contributed by atoms with van der Waals surface area (Å²) in [6.45, 7) is 1.98. The first-order valence-corrected chi connectivity index (χ1v) is 13.6. The van der Waals surface area contributed by atoms with Crippen molar-refractivity contribution in [2.24, 2.45) is 0 Å². The second kappa shape index (κ2) is 11.6. The Hall–Kier alpha value is -1.60. The number of alkyl halides is 6. The summed E-state index contributed by atoms with van der Waals surface area (Å²) in [7, 11) is 0. The fraction of sp³-hybridized carbons (Fsp3) is 0.556. The average Bonchev–Trinajstić information content (AvgIpc) is 2.86. The van der Waals surface area contributed by atoms with Crippen molar-refractivity contribution in [2.75, 3.05) is 39.3 Å². The summed E-state index contributed by atoms with van der Waals surface area (Å²) in [6.07, 6.45) is -9.35. The maximum absolute atomic E-state index is 13.3. The van der Waals surface area contributed by atoms with Gasteiger partial charge in [0, 0.05) is 39.3 Å². The van der Waals surface area contributed by atoms with E-state index in [9.17, 15) is 41.7 Å². The third-order valence-electron chi connectivity index (χ3n) is 7.92. The maximum Gasteiger partial charge on any atom is 0.417 e. The lowest BCUT2D eigenvalue weighted by Gasteiger charge is -2.41. The number of aliphatic hydroxyl groups is 3. The van der Waals surface area contributed by atoms with Crippen molar-refractivity contribution >= 4 is 23.2 Å². The molecule has 4 rings (SSSR count). The Morgan fingerprint density at radius 1 is 0.675 bits per heavy atom. The number of β-amino-alcohol motifs (C(OH)–C–C–N with tert-alkyl or cyclic N) is 1. The molecule has 0 saturated carbocycles. The van der Waals surface area contributed by atoms with Crippen molar-refractivity contribution in [3.63, 3.8) is 0 Å². The summed E-state index contributed by atoms with van der Waals surface area (Å²) in [5, 5.41) is 31.9. The Morgan fingerprint density at radius 3 is 1.30 bits per heavy atom. The Morgan fingerprint density at radius 2 is 1.00 bits per heavy atom. The number of hydrogen-bond donors (Lipinski definition) is 3. The number of rotatable bonds is 6. The summed E-state index contributed by atoms with van der Waals surface area (Å²) < 4.78 is 79.5. The minimum Gasteiger partial charge on any atom is -0.390 e. The number of halogens is 8. The first kappa shape index (κ1) is 31.3. The van der Waals surface area contributed by atoms with E-state index >= 15 is 0 Å². The molecular formula is C27H30Cl2F6N2O3. The molecule has 0 aromatic heterocycles. The van der Waals surface area contributed by atoms with Crippen molar-refractivity contribution in [1.29, 1.82) is 0 Å². The van der Waals surface area contributed by atoms with Gasteiger partial charge in [-0.15, -0.1) is 0 Å². The molecule has 0 bridgehead atoms. The summed E-state index contributed by atoms with van der Waals surface area (Å²) in [6, 6.07) is 6.84. The molecule has 0 aliphatic carbocycles. The van der Waals surface area contributed by atoms with E-state index in [0.29, 0.717) is 26.2 Å². The summed E-state index contributed by atoms with van der Waals surface area (Å²) in [5.41, 5.74) is -4.60. The second-order valence-electron chi connectivity index (χ2n) is 10.7. The van der Waals surface area contributed by atoms with Crippen LogP contribution in [-0.2, 0) is 23.6 Å². The zero-order valence-corrected chi connectivity index (χ0v) is 22.9. The molecule has 0 atom stereocenters. The summed E-state index contributed by atoms with van der Waals surface area (Å²) in [5.74, 6) is 0. The standard InChI is InChI=1S/C27H30Cl2F6N2O3/c28-22-3-1-17(13-20(22)26(30,31)32)24(39)5-9-36(10-6-24)15-19(38)16-37-11-7-25(40,8-12-37)18-2-4-23(29)21(14-18)27(33,34)35/h1-4,13-14,19,38-40H,5-12,15-16H2. The molecule has 222 valence electrons. The Kier molecular flexibility index (Phi) is 9.08. The third-order valence-corrected chi connectivity index (χ3v) is 8.58. The van der Waals surface area contributed by atoms with Crippen LogP contribution in [0.1, 0.15) is 47.9 Å². The predicted molar refractivity (Wildman–Crippen MR) is 138 cm³/mol. The molecule has 5 nitrogen and oxygen atoms in total. The van der Waals surface area contributed by atoms with E-state index in [1.54, 1.807) is 0 Å². The SMILES string of the molecule is OC(CN1CCC(O)(c2ccc(Cl)c(C(F)(F)F)c2)CC1)CN1CCC(O)(c2ccc(Cl)c(C(F)(F)F)c2)CC1. The smallest absolute Gasteiger partial charge is 0.390 e. The molecule has 2 saturated heterocycles. The summed E-state index contributed by atoms with van der Waals surface area (Å²) in [4.78, 5) is 3.85. The Bertz CT molecular complexity index is 1100. The van der Waals surface area contributed by atoms with Crippen LogP contribution in [0.3, 0.4) is 0 Å². The van der Waals surface area contributed by atoms with Gasteiger partial charge in [0.05, 0.1) is 38.5 Å². The lowest BCUT2D eigenvalue weighted by Crippen LogP contribution is -2.49. The molecule has 40 heavy (non-hydrogen) atoms. The second-order valence-corrected chi connectivity index (χ2v) is 11.5. The molecule has 0 spiro atoms. The van der Waals surface area contributed by atoms with Gasteiger partial charge in [-0.25, -0.2) is 0 Å². The topological polar surface area (TPSA) is 67.2 Å². The molecule has 2 heterocycles. The van der Waals surface area contributed by atoms with Crippen LogP contribution in [0.15, 0.2) is 36.4 Å². The van der Waals surface area contributed by atoms with E-state index in [1.165, 1.54) is 12.1 Å². The number of benzene rings is 2. The molecule has 2 aliphatic heterocycles. The summed E-state index contributed by atoms with van der Waals surface area (Å²) >= 11 is 11.4. The fourth-order valence-corrected chi connectivity index (χ4v) is 5.96. The van der Waals surface area contributed by atoms with Crippen molar-refractivity contribution in [3.8, 4) is 0 Å². The molecular weight excluding hydrogens is 585 g/mol. The first-order valence-electron chi connectivity index (χ1n) is 12.8. The normalized spacial score (nSPS) is 20.7. The highest BCUT2D eigenvalue weighted by atomic mass is 35.5. The molecule has 0 unspecified atom stereocenters. The highest BCUT2D eigenvalue weighted by molar-refractivity contribution is 6.31. The number of likely N-dealkylation sites (tertiary alicyclic amines) is 2. The van der Waals surface area contributed by atoms with E-state index in [1.807, 2.05) is 9.80 Å². The molecule has 13 heteroatoms. The Balaban J connectivity index is 1.28. The first-order chi connectivity index (χ1) is 18.5. The van der Waals surface area contributed by atoms with Gasteiger partial charge < -0.3 is 25.1 Å². The quantitative estimate of drug-likeness (QED) is 0.367. The molecule has 2 aliphatic rings. The number of nitrogens with zero attached hydrogens (tertiary/aromatic N) is 2. The number of aliphatic hydroxyl groups excluding tert-OH is 1. The molecule has 2 fully saturated rings. The van der Waals surface area contributed by atoms with Crippen LogP contribution in [0.2, 0.25) is 10.0 Å². The van der Waals surface area contributed by atoms with Crippen LogP contribution in [0.5, 0.6) is 0 Å². The molecule has 0 amide bonds. The van der Waals surface area contributed by atoms with E-state index in [-0.39, 0.29) is 49.9 Å². The fourth-order valence-electron chi connectivity index (χ4n) is 5.51. The highest BCUT2D eigenvalue weighted by Crippen LogP contribution is 2.41. The van der Waals surface area contributed by atoms with E-state index in [2.05, 4.69) is 0 Å². The molecule has 2 aromatic carbocycles. The lowest BCUT2D eigenvalue weighted by molar-refractivity contribution is -0.138. The highest BCUT2D eigenvalue weighted by Gasteiger charge is 2.40. The van der Waals surface area contributed by atoms with Crippen LogP contribution in [0.4, 0.5) is 26.3 Å². The van der Waals surface area contributed by atoms with Gasteiger partial charge in [0.2, 0.25) is 0 Å². The number of hydrogen-bond acceptors (Lipinski definition) is 5. The van der Waals surface area contributed by atoms with Gasteiger partial charge in [0.15, 0.2) is 0 Å². The van der Waals surface area contributed by atoms with Gasteiger partial charge in [-0.1, -0.05) is 35.3 Å². The van der Waals surface area contributed by atoms with Crippen molar-refractivity contribution < 1.29 is 41.7 Å². The third kappa shape index (κ3) is 7.06. The van der Waals surface area contributed by atoms with Crippen LogP contribution in [0.25, 0.3) is 0 Å². The number of piperidine rings is 2. The average molecular weight is 615 g/mol. The van der Waals surface area contributed by atoms with Gasteiger partial charge in [-0.05, 0) is 61.1 Å².